The molecular weight excluding hydrogens is 262 g/mol. The summed E-state index contributed by atoms with van der Waals surface area (Å²) >= 11 is 0. The van der Waals surface area contributed by atoms with Gasteiger partial charge in [0.2, 0.25) is 0 Å². The molecule has 2 rings (SSSR count). The van der Waals surface area contributed by atoms with Crippen molar-refractivity contribution >= 4 is 11.7 Å². The minimum absolute atomic E-state index is 0.332. The molecule has 21 heavy (non-hydrogen) atoms. The minimum atomic E-state index is -0.828. The molecular formula is C18H27NO2. The highest BCUT2D eigenvalue weighted by Crippen LogP contribution is 2.35. The van der Waals surface area contributed by atoms with Crippen molar-refractivity contribution in [3.63, 3.8) is 0 Å². The SMILES string of the molecule is Cc1ccc(N2CCCC(C(C)(C)C)CC2)c(C(=O)O)c1. The van der Waals surface area contributed by atoms with Gasteiger partial charge in [-0.05, 0) is 49.7 Å². The van der Waals surface area contributed by atoms with Crippen molar-refractivity contribution in [3.8, 4) is 0 Å². The molecule has 1 aliphatic heterocycles. The van der Waals surface area contributed by atoms with Crippen LogP contribution in [-0.4, -0.2) is 24.2 Å². The summed E-state index contributed by atoms with van der Waals surface area (Å²) < 4.78 is 0. The maximum Gasteiger partial charge on any atom is 0.337 e. The molecule has 1 N–H and O–H groups in total. The van der Waals surface area contributed by atoms with Crippen molar-refractivity contribution in [2.75, 3.05) is 18.0 Å². The fourth-order valence-corrected chi connectivity index (χ4v) is 3.30. The first-order valence-electron chi connectivity index (χ1n) is 7.88. The Bertz CT molecular complexity index is 516. The predicted molar refractivity (Wildman–Crippen MR) is 87.1 cm³/mol. The summed E-state index contributed by atoms with van der Waals surface area (Å²) in [5.74, 6) is -0.119. The van der Waals surface area contributed by atoms with E-state index < -0.39 is 5.97 Å². The molecule has 1 atom stereocenters. The molecule has 1 unspecified atom stereocenters. The summed E-state index contributed by atoms with van der Waals surface area (Å²) in [5.41, 5.74) is 2.64. The number of aryl methyl sites for hydroxylation is 1. The minimum Gasteiger partial charge on any atom is -0.478 e. The molecule has 1 aromatic rings. The molecule has 1 aromatic carbocycles. The first-order chi connectivity index (χ1) is 9.79. The molecule has 0 bridgehead atoms. The van der Waals surface area contributed by atoms with Crippen molar-refractivity contribution in [1.82, 2.24) is 0 Å². The molecule has 0 saturated carbocycles. The van der Waals surface area contributed by atoms with Crippen LogP contribution in [0.15, 0.2) is 18.2 Å². The lowest BCUT2D eigenvalue weighted by molar-refractivity contribution is 0.0697. The second-order valence-corrected chi connectivity index (χ2v) is 7.31. The van der Waals surface area contributed by atoms with Gasteiger partial charge in [0.1, 0.15) is 0 Å². The van der Waals surface area contributed by atoms with Crippen LogP contribution in [0.2, 0.25) is 0 Å². The Labute approximate surface area is 128 Å². The standard InChI is InChI=1S/C18H27NO2/c1-13-7-8-16(15(12-13)17(20)21)19-10-5-6-14(9-11-19)18(2,3)4/h7-8,12,14H,5-6,9-11H2,1-4H3,(H,20,21). The third-order valence-corrected chi connectivity index (χ3v) is 4.68. The van der Waals surface area contributed by atoms with Gasteiger partial charge in [-0.25, -0.2) is 4.79 Å². The zero-order valence-electron chi connectivity index (χ0n) is 13.6. The molecule has 3 heteroatoms. The topological polar surface area (TPSA) is 40.5 Å². The summed E-state index contributed by atoms with van der Waals surface area (Å²) in [5, 5.41) is 9.45. The van der Waals surface area contributed by atoms with Gasteiger partial charge < -0.3 is 10.0 Å². The maximum atomic E-state index is 11.5. The van der Waals surface area contributed by atoms with Crippen LogP contribution in [0.4, 0.5) is 5.69 Å². The van der Waals surface area contributed by atoms with E-state index in [4.69, 9.17) is 0 Å². The van der Waals surface area contributed by atoms with E-state index >= 15 is 0 Å². The molecule has 1 fully saturated rings. The molecule has 1 heterocycles. The lowest BCUT2D eigenvalue weighted by Crippen LogP contribution is -2.27. The Kier molecular flexibility index (Phi) is 4.60. The van der Waals surface area contributed by atoms with E-state index in [0.29, 0.717) is 16.9 Å². The zero-order valence-corrected chi connectivity index (χ0v) is 13.6. The monoisotopic (exact) mass is 289 g/mol. The van der Waals surface area contributed by atoms with Gasteiger partial charge in [-0.15, -0.1) is 0 Å². The number of carboxylic acids is 1. The molecule has 0 aliphatic carbocycles. The van der Waals surface area contributed by atoms with E-state index in [1.165, 1.54) is 6.42 Å². The number of rotatable bonds is 2. The van der Waals surface area contributed by atoms with Crippen LogP contribution in [0.3, 0.4) is 0 Å². The number of carbonyl (C=O) groups is 1. The van der Waals surface area contributed by atoms with E-state index in [1.54, 1.807) is 6.07 Å². The van der Waals surface area contributed by atoms with Gasteiger partial charge >= 0.3 is 5.97 Å². The highest BCUT2D eigenvalue weighted by Gasteiger charge is 2.28. The Morgan fingerprint density at radius 1 is 1.24 bits per heavy atom. The number of carboxylic acid groups (broad SMARTS) is 1. The number of anilines is 1. The van der Waals surface area contributed by atoms with Crippen molar-refractivity contribution in [1.29, 1.82) is 0 Å². The summed E-state index contributed by atoms with van der Waals surface area (Å²) in [7, 11) is 0. The first kappa shape index (κ1) is 15.9. The fourth-order valence-electron chi connectivity index (χ4n) is 3.30. The molecule has 0 spiro atoms. The second-order valence-electron chi connectivity index (χ2n) is 7.31. The molecule has 0 aromatic heterocycles. The molecule has 1 aliphatic rings. The molecule has 3 nitrogen and oxygen atoms in total. The maximum absolute atomic E-state index is 11.5. The van der Waals surface area contributed by atoms with E-state index in [-0.39, 0.29) is 0 Å². The first-order valence-corrected chi connectivity index (χ1v) is 7.88. The van der Waals surface area contributed by atoms with Crippen LogP contribution < -0.4 is 4.90 Å². The van der Waals surface area contributed by atoms with Crippen LogP contribution in [0, 0.1) is 18.3 Å². The van der Waals surface area contributed by atoms with Crippen molar-refractivity contribution < 1.29 is 9.90 Å². The predicted octanol–water partition coefficient (Wildman–Crippen LogP) is 4.35. The van der Waals surface area contributed by atoms with Crippen LogP contribution in [0.1, 0.15) is 56.0 Å². The summed E-state index contributed by atoms with van der Waals surface area (Å²) in [4.78, 5) is 13.8. The van der Waals surface area contributed by atoms with Crippen LogP contribution in [0.25, 0.3) is 0 Å². The quantitative estimate of drug-likeness (QED) is 0.880. The zero-order chi connectivity index (χ0) is 15.6. The Hall–Kier alpha value is -1.51. The molecule has 116 valence electrons. The van der Waals surface area contributed by atoms with Crippen molar-refractivity contribution in [2.45, 2.75) is 47.0 Å². The second kappa shape index (κ2) is 6.08. The van der Waals surface area contributed by atoms with E-state index in [9.17, 15) is 9.90 Å². The summed E-state index contributed by atoms with van der Waals surface area (Å²) in [6.45, 7) is 10.8. The average Bonchev–Trinajstić information content (AvgIpc) is 2.63. The Balaban J connectivity index is 2.22. The number of benzene rings is 1. The van der Waals surface area contributed by atoms with Crippen LogP contribution >= 0.6 is 0 Å². The number of aromatic carboxylic acids is 1. The highest BCUT2D eigenvalue weighted by atomic mass is 16.4. The lowest BCUT2D eigenvalue weighted by atomic mass is 9.77. The highest BCUT2D eigenvalue weighted by molar-refractivity contribution is 5.94. The van der Waals surface area contributed by atoms with Gasteiger partial charge in [0.25, 0.3) is 0 Å². The largest absolute Gasteiger partial charge is 0.478 e. The summed E-state index contributed by atoms with van der Waals surface area (Å²) in [6, 6.07) is 5.76. The Morgan fingerprint density at radius 2 is 1.95 bits per heavy atom. The van der Waals surface area contributed by atoms with Crippen molar-refractivity contribution in [3.05, 3.63) is 29.3 Å². The average molecular weight is 289 g/mol. The number of hydrogen-bond acceptors (Lipinski definition) is 2. The molecule has 1 saturated heterocycles. The normalized spacial score (nSPS) is 20.2. The van der Waals surface area contributed by atoms with Gasteiger partial charge in [0.15, 0.2) is 0 Å². The third-order valence-electron chi connectivity index (χ3n) is 4.68. The molecule has 0 amide bonds. The van der Waals surface area contributed by atoms with E-state index in [0.717, 1.165) is 37.2 Å². The van der Waals surface area contributed by atoms with Gasteiger partial charge in [0.05, 0.1) is 11.3 Å². The fraction of sp³-hybridized carbons (Fsp3) is 0.611. The lowest BCUT2D eigenvalue weighted by Gasteiger charge is -2.30. The van der Waals surface area contributed by atoms with E-state index in [1.807, 2.05) is 19.1 Å². The van der Waals surface area contributed by atoms with Crippen molar-refractivity contribution in [2.24, 2.45) is 11.3 Å². The summed E-state index contributed by atoms with van der Waals surface area (Å²) in [6.07, 6.45) is 3.50. The number of hydrogen-bond donors (Lipinski definition) is 1. The van der Waals surface area contributed by atoms with Gasteiger partial charge in [-0.3, -0.25) is 0 Å². The smallest absolute Gasteiger partial charge is 0.337 e. The van der Waals surface area contributed by atoms with E-state index in [2.05, 4.69) is 25.7 Å². The van der Waals surface area contributed by atoms with Gasteiger partial charge in [-0.1, -0.05) is 32.4 Å². The van der Waals surface area contributed by atoms with Crippen LogP contribution in [-0.2, 0) is 0 Å². The van der Waals surface area contributed by atoms with Crippen LogP contribution in [0.5, 0.6) is 0 Å². The molecule has 0 radical (unpaired) electrons. The number of nitrogens with zero attached hydrogens (tertiary/aromatic N) is 1. The Morgan fingerprint density at radius 3 is 2.57 bits per heavy atom. The van der Waals surface area contributed by atoms with Gasteiger partial charge in [-0.2, -0.15) is 0 Å². The van der Waals surface area contributed by atoms with Gasteiger partial charge in [0, 0.05) is 13.1 Å². The third kappa shape index (κ3) is 3.78.